The Balaban J connectivity index is 0. The van der Waals surface area contributed by atoms with Crippen LogP contribution < -0.4 is 24.8 Å². The predicted octanol–water partition coefficient (Wildman–Crippen LogP) is 0.112. The molecule has 0 aliphatic carbocycles. The monoisotopic (exact) mass is 498 g/mol. The van der Waals surface area contributed by atoms with Gasteiger partial charge in [0.2, 0.25) is 0 Å². The summed E-state index contributed by atoms with van der Waals surface area (Å²) >= 11 is 1.51. The molecule has 0 aromatic heterocycles. The number of aryl methyl sites for hydroxylation is 1. The van der Waals surface area contributed by atoms with Crippen molar-refractivity contribution >= 4 is 22.8 Å². The Morgan fingerprint density at radius 1 is 1.04 bits per heavy atom. The van der Waals surface area contributed by atoms with E-state index in [1.54, 1.807) is 0 Å². The molecule has 3 aromatic carbocycles. The largest absolute Gasteiger partial charge is 1.00 e. The first-order chi connectivity index (χ1) is 12.0. The zero-order valence-corrected chi connectivity index (χ0v) is 21.7. The number of halogens is 2. The van der Waals surface area contributed by atoms with Crippen LogP contribution in [0.25, 0.3) is 10.8 Å². The summed E-state index contributed by atoms with van der Waals surface area (Å²) in [6, 6.07) is 23.2. The second kappa shape index (κ2) is 16.6. The minimum Gasteiger partial charge on any atom is -1.00 e. The van der Waals surface area contributed by atoms with E-state index >= 15 is 0 Å². The van der Waals surface area contributed by atoms with E-state index in [1.165, 1.54) is 40.6 Å². The third-order valence-electron chi connectivity index (χ3n) is 3.42. The summed E-state index contributed by atoms with van der Waals surface area (Å²) in [5, 5.41) is 2.66. The molecule has 0 aliphatic heterocycles. The Labute approximate surface area is 193 Å². The van der Waals surface area contributed by atoms with Crippen molar-refractivity contribution in [3.63, 3.8) is 0 Å². The van der Waals surface area contributed by atoms with Crippen LogP contribution in [0.4, 0.5) is 0 Å². The molecule has 0 saturated heterocycles. The molecule has 0 heterocycles. The summed E-state index contributed by atoms with van der Waals surface area (Å²) in [5.41, 5.74) is 1.43. The van der Waals surface area contributed by atoms with Gasteiger partial charge < -0.3 is 29.2 Å². The van der Waals surface area contributed by atoms with Crippen molar-refractivity contribution < 1.29 is 53.5 Å². The van der Waals surface area contributed by atoms with Crippen LogP contribution in [0.3, 0.4) is 0 Å². The summed E-state index contributed by atoms with van der Waals surface area (Å²) in [4.78, 5) is 0. The molecule has 3 rings (SSSR count). The molecule has 148 valence electrons. The van der Waals surface area contributed by atoms with Gasteiger partial charge in [0.05, 0.1) is 0 Å². The van der Waals surface area contributed by atoms with Crippen LogP contribution in [-0.2, 0) is 35.1 Å². The van der Waals surface area contributed by atoms with Gasteiger partial charge in [-0.1, -0.05) is 12.5 Å². The molecule has 1 nitrogen and oxygen atoms in total. The summed E-state index contributed by atoms with van der Waals surface area (Å²) in [7, 11) is -1.28. The van der Waals surface area contributed by atoms with Gasteiger partial charge >= 0.3 is 34.9 Å². The van der Waals surface area contributed by atoms with Crippen molar-refractivity contribution in [2.24, 2.45) is 0 Å². The van der Waals surface area contributed by atoms with Crippen LogP contribution in [-0.4, -0.2) is 18.6 Å². The Morgan fingerprint density at radius 3 is 2.19 bits per heavy atom. The summed E-state index contributed by atoms with van der Waals surface area (Å²) in [5.74, 6) is 0. The van der Waals surface area contributed by atoms with E-state index in [4.69, 9.17) is 4.43 Å². The summed E-state index contributed by atoms with van der Waals surface area (Å²) in [6.45, 7) is 9.65. The molecule has 0 N–H and O–H groups in total. The van der Waals surface area contributed by atoms with Crippen molar-refractivity contribution in [1.82, 2.24) is 0 Å². The van der Waals surface area contributed by atoms with Gasteiger partial charge in [-0.05, 0) is 26.1 Å². The smallest absolute Gasteiger partial charge is 0.183 e. The van der Waals surface area contributed by atoms with Crippen molar-refractivity contribution in [3.8, 4) is 0 Å². The fraction of sp³-hybridized carbons (Fsp3) is 0.318. The van der Waals surface area contributed by atoms with Crippen molar-refractivity contribution in [3.05, 3.63) is 72.3 Å². The third kappa shape index (κ3) is 14.4. The maximum Gasteiger partial charge on any atom is 0.183 e. The molecule has 5 heteroatoms. The first kappa shape index (κ1) is 28.9. The Hall–Kier alpha value is -0.310. The van der Waals surface area contributed by atoms with Gasteiger partial charge in [-0.3, -0.25) is 0 Å². The SMILES string of the molecule is C[CH]=[Zr+2].C[Si](C)(C)OCCC[c-]1cccc1.[Cl-].[Cl-].c1ccc2[cH-]ccc2c1. The van der Waals surface area contributed by atoms with Gasteiger partial charge in [-0.25, -0.2) is 12.1 Å². The molecule has 0 atom stereocenters. The van der Waals surface area contributed by atoms with Crippen molar-refractivity contribution in [1.29, 1.82) is 0 Å². The molecule has 0 fully saturated rings. The molecule has 0 amide bonds. The van der Waals surface area contributed by atoms with E-state index in [9.17, 15) is 0 Å². The van der Waals surface area contributed by atoms with Crippen LogP contribution in [0.5, 0.6) is 0 Å². The Bertz CT molecular complexity index is 672. The average molecular weight is 501 g/mol. The third-order valence-corrected chi connectivity index (χ3v) is 4.49. The molecule has 27 heavy (non-hydrogen) atoms. The predicted molar refractivity (Wildman–Crippen MR) is 111 cm³/mol. The number of rotatable bonds is 5. The number of hydrogen-bond acceptors (Lipinski definition) is 1. The molecule has 3 aromatic rings. The van der Waals surface area contributed by atoms with E-state index in [1.807, 2.05) is 6.92 Å². The zero-order chi connectivity index (χ0) is 18.5. The van der Waals surface area contributed by atoms with Crippen LogP contribution in [0.2, 0.25) is 19.6 Å². The van der Waals surface area contributed by atoms with Crippen LogP contribution in [0.15, 0.2) is 66.7 Å². The summed E-state index contributed by atoms with van der Waals surface area (Å²) in [6.07, 6.45) is 2.30. The number of fused-ring (bicyclic) bond motifs is 1. The van der Waals surface area contributed by atoms with Gasteiger partial charge in [0.15, 0.2) is 8.32 Å². The second-order valence-corrected chi connectivity index (χ2v) is 12.7. The van der Waals surface area contributed by atoms with Gasteiger partial charge in [-0.15, -0.1) is 29.7 Å². The van der Waals surface area contributed by atoms with E-state index < -0.39 is 8.32 Å². The Morgan fingerprint density at radius 2 is 1.63 bits per heavy atom. The molecule has 0 bridgehead atoms. The molecule has 0 spiro atoms. The Kier molecular flexibility index (Phi) is 17.8. The quantitative estimate of drug-likeness (QED) is 0.275. The van der Waals surface area contributed by atoms with Gasteiger partial charge in [0.25, 0.3) is 0 Å². The molecule has 0 aliphatic rings. The standard InChI is InChI=1S/C11H19OSi.C9H7.C2H4.2ClH.Zr/c1-13(2,3)12-10-6-9-11-7-4-5-8-11;1-2-5-9-7-3-6-8(9)4-1;1-2;;;/h4-5,7-8H,6,9-10H2,1-3H3;1-7H;1H,2H3;2*1H;/q2*-1;;;;+2/p-2. The number of hydrogen-bond donors (Lipinski definition) is 0. The first-order valence-electron chi connectivity index (χ1n) is 8.86. The van der Waals surface area contributed by atoms with E-state index in [0.717, 1.165) is 19.4 Å². The molecular weight excluding hydrogens is 470 g/mol. The van der Waals surface area contributed by atoms with E-state index in [2.05, 4.69) is 90.1 Å². The minimum atomic E-state index is -1.28. The minimum absolute atomic E-state index is 0. The molecular formula is C22H30Cl2OSiZr-2. The fourth-order valence-corrected chi connectivity index (χ4v) is 3.06. The number of benzene rings is 1. The van der Waals surface area contributed by atoms with Crippen molar-refractivity contribution in [2.45, 2.75) is 39.4 Å². The normalized spacial score (nSPS) is 9.70. The van der Waals surface area contributed by atoms with E-state index in [-0.39, 0.29) is 24.8 Å². The topological polar surface area (TPSA) is 9.23 Å². The summed E-state index contributed by atoms with van der Waals surface area (Å²) < 4.78 is 7.86. The van der Waals surface area contributed by atoms with E-state index in [0.29, 0.717) is 0 Å². The van der Waals surface area contributed by atoms with Gasteiger partial charge in [0, 0.05) is 6.61 Å². The molecule has 0 unspecified atom stereocenters. The second-order valence-electron chi connectivity index (χ2n) is 6.80. The van der Waals surface area contributed by atoms with Crippen molar-refractivity contribution in [2.75, 3.05) is 6.61 Å². The van der Waals surface area contributed by atoms with Gasteiger partial charge in [0.1, 0.15) is 0 Å². The molecule has 0 radical (unpaired) electrons. The fourth-order valence-electron chi connectivity index (χ4n) is 2.31. The molecule has 0 saturated carbocycles. The van der Waals surface area contributed by atoms with Crippen LogP contribution in [0, 0.1) is 0 Å². The van der Waals surface area contributed by atoms with Gasteiger partial charge in [-0.2, -0.15) is 35.2 Å². The maximum absolute atomic E-state index is 5.77. The maximum atomic E-state index is 5.77. The zero-order valence-electron chi connectivity index (χ0n) is 16.7. The van der Waals surface area contributed by atoms with Crippen LogP contribution >= 0.6 is 0 Å². The van der Waals surface area contributed by atoms with Crippen LogP contribution in [0.1, 0.15) is 18.9 Å². The average Bonchev–Trinajstić information content (AvgIpc) is 3.23. The first-order valence-corrected chi connectivity index (χ1v) is 13.7.